The van der Waals surface area contributed by atoms with E-state index in [2.05, 4.69) is 15.0 Å². The van der Waals surface area contributed by atoms with Crippen molar-refractivity contribution in [2.45, 2.75) is 24.8 Å². The van der Waals surface area contributed by atoms with Gasteiger partial charge in [-0.2, -0.15) is 0 Å². The van der Waals surface area contributed by atoms with Crippen LogP contribution in [0.5, 0.6) is 0 Å². The van der Waals surface area contributed by atoms with E-state index in [4.69, 9.17) is 5.73 Å². The van der Waals surface area contributed by atoms with Crippen molar-refractivity contribution in [1.82, 2.24) is 15.0 Å². The van der Waals surface area contributed by atoms with Gasteiger partial charge in [-0.05, 0) is 25.0 Å². The van der Waals surface area contributed by atoms with Crippen LogP contribution in [-0.4, -0.2) is 21.0 Å². The summed E-state index contributed by atoms with van der Waals surface area (Å²) in [6, 6.07) is 4.31. The Morgan fingerprint density at radius 2 is 2.19 bits per heavy atom. The summed E-state index contributed by atoms with van der Waals surface area (Å²) in [6.07, 6.45) is 7.56. The molecule has 3 rings (SSSR count). The first kappa shape index (κ1) is 9.54. The molecule has 3 N–H and O–H groups in total. The summed E-state index contributed by atoms with van der Waals surface area (Å²) < 4.78 is 0. The van der Waals surface area contributed by atoms with Gasteiger partial charge in [0.05, 0.1) is 11.9 Å². The number of nitrogens with zero attached hydrogens (tertiary/aromatic N) is 2. The second kappa shape index (κ2) is 3.72. The molecule has 2 heterocycles. The van der Waals surface area contributed by atoms with Gasteiger partial charge in [-0.15, -0.1) is 0 Å². The van der Waals surface area contributed by atoms with Crippen LogP contribution in [-0.2, 0) is 0 Å². The third-order valence-corrected chi connectivity index (χ3v) is 3.13. The second-order valence-electron chi connectivity index (χ2n) is 4.35. The Labute approximate surface area is 93.9 Å². The summed E-state index contributed by atoms with van der Waals surface area (Å²) in [5, 5.41) is 0. The molecule has 82 valence electrons. The van der Waals surface area contributed by atoms with Crippen molar-refractivity contribution in [3.8, 4) is 11.3 Å². The maximum absolute atomic E-state index is 5.77. The van der Waals surface area contributed by atoms with Crippen LogP contribution in [0.3, 0.4) is 0 Å². The number of nitrogens with one attached hydrogen (secondary N) is 1. The standard InChI is InChI=1S/C12H14N4/c13-10-4-9(5-10)12-15-7-11(16-12)8-2-1-3-14-6-8/h1-3,6-7,9-10H,4-5,13H2,(H,15,16). The zero-order chi connectivity index (χ0) is 11.0. The van der Waals surface area contributed by atoms with Crippen molar-refractivity contribution in [1.29, 1.82) is 0 Å². The van der Waals surface area contributed by atoms with Gasteiger partial charge in [-0.25, -0.2) is 4.98 Å². The first-order chi connectivity index (χ1) is 7.83. The number of nitrogens with two attached hydrogens (primary N) is 1. The third-order valence-electron chi connectivity index (χ3n) is 3.13. The molecule has 1 aliphatic carbocycles. The van der Waals surface area contributed by atoms with E-state index >= 15 is 0 Å². The van der Waals surface area contributed by atoms with Crippen molar-refractivity contribution in [3.05, 3.63) is 36.5 Å². The average molecular weight is 214 g/mol. The van der Waals surface area contributed by atoms with Gasteiger partial charge in [0, 0.05) is 29.9 Å². The highest BCUT2D eigenvalue weighted by molar-refractivity contribution is 5.56. The molecule has 16 heavy (non-hydrogen) atoms. The highest BCUT2D eigenvalue weighted by atomic mass is 14.9. The lowest BCUT2D eigenvalue weighted by Crippen LogP contribution is -2.35. The van der Waals surface area contributed by atoms with Crippen LogP contribution in [0.2, 0.25) is 0 Å². The van der Waals surface area contributed by atoms with Crippen LogP contribution in [0.1, 0.15) is 24.6 Å². The van der Waals surface area contributed by atoms with Crippen LogP contribution in [0, 0.1) is 0 Å². The predicted octanol–water partition coefficient (Wildman–Crippen LogP) is 1.68. The summed E-state index contributed by atoms with van der Waals surface area (Å²) in [5.41, 5.74) is 7.88. The predicted molar refractivity (Wildman–Crippen MR) is 61.8 cm³/mol. The average Bonchev–Trinajstić information content (AvgIpc) is 2.75. The number of hydrogen-bond acceptors (Lipinski definition) is 3. The molecule has 1 aliphatic rings. The molecule has 0 bridgehead atoms. The maximum Gasteiger partial charge on any atom is 0.109 e. The lowest BCUT2D eigenvalue weighted by Gasteiger charge is -2.30. The molecule has 0 aromatic carbocycles. The molecule has 0 amide bonds. The zero-order valence-electron chi connectivity index (χ0n) is 8.93. The van der Waals surface area contributed by atoms with Crippen LogP contribution < -0.4 is 5.73 Å². The highest BCUT2D eigenvalue weighted by Crippen LogP contribution is 2.34. The van der Waals surface area contributed by atoms with E-state index in [9.17, 15) is 0 Å². The van der Waals surface area contributed by atoms with Gasteiger partial charge < -0.3 is 10.7 Å². The molecule has 0 unspecified atom stereocenters. The third kappa shape index (κ3) is 1.61. The number of rotatable bonds is 2. The van der Waals surface area contributed by atoms with E-state index in [1.807, 2.05) is 24.5 Å². The largest absolute Gasteiger partial charge is 0.342 e. The van der Waals surface area contributed by atoms with Crippen molar-refractivity contribution >= 4 is 0 Å². The molecular formula is C12H14N4. The maximum atomic E-state index is 5.77. The molecule has 1 fully saturated rings. The fourth-order valence-electron chi connectivity index (χ4n) is 2.10. The molecule has 1 saturated carbocycles. The highest BCUT2D eigenvalue weighted by Gasteiger charge is 2.29. The quantitative estimate of drug-likeness (QED) is 0.799. The molecule has 0 aliphatic heterocycles. The van der Waals surface area contributed by atoms with Gasteiger partial charge in [0.25, 0.3) is 0 Å². The Bertz CT molecular complexity index is 471. The minimum atomic E-state index is 0.358. The Morgan fingerprint density at radius 1 is 1.31 bits per heavy atom. The second-order valence-corrected chi connectivity index (χ2v) is 4.35. The summed E-state index contributed by atoms with van der Waals surface area (Å²) in [7, 11) is 0. The molecule has 4 heteroatoms. The molecule has 0 radical (unpaired) electrons. The van der Waals surface area contributed by atoms with Crippen molar-refractivity contribution < 1.29 is 0 Å². The lowest BCUT2D eigenvalue weighted by molar-refractivity contribution is 0.340. The minimum Gasteiger partial charge on any atom is -0.342 e. The molecule has 0 saturated heterocycles. The SMILES string of the molecule is NC1CC(c2ncc(-c3cccnc3)[nH]2)C1. The summed E-state index contributed by atoms with van der Waals surface area (Å²) >= 11 is 0. The molecule has 2 aromatic heterocycles. The summed E-state index contributed by atoms with van der Waals surface area (Å²) in [6.45, 7) is 0. The van der Waals surface area contributed by atoms with Gasteiger partial charge in [-0.1, -0.05) is 0 Å². The first-order valence-electron chi connectivity index (χ1n) is 5.54. The number of aromatic nitrogens is 3. The van der Waals surface area contributed by atoms with Crippen molar-refractivity contribution in [2.75, 3.05) is 0 Å². The molecular weight excluding hydrogens is 200 g/mol. The van der Waals surface area contributed by atoms with E-state index in [-0.39, 0.29) is 0 Å². The van der Waals surface area contributed by atoms with Crippen LogP contribution >= 0.6 is 0 Å². The summed E-state index contributed by atoms with van der Waals surface area (Å²) in [5.74, 6) is 1.57. The van der Waals surface area contributed by atoms with E-state index < -0.39 is 0 Å². The molecule has 4 nitrogen and oxygen atoms in total. The number of pyridine rings is 1. The fraction of sp³-hybridized carbons (Fsp3) is 0.333. The first-order valence-corrected chi connectivity index (χ1v) is 5.54. The Kier molecular flexibility index (Phi) is 2.22. The molecule has 0 spiro atoms. The lowest BCUT2D eigenvalue weighted by atomic mass is 9.80. The van der Waals surface area contributed by atoms with Gasteiger partial charge in [0.15, 0.2) is 0 Å². The number of hydrogen-bond donors (Lipinski definition) is 2. The van der Waals surface area contributed by atoms with Crippen LogP contribution in [0.15, 0.2) is 30.7 Å². The van der Waals surface area contributed by atoms with Gasteiger partial charge in [-0.3, -0.25) is 4.98 Å². The number of aromatic amines is 1. The van der Waals surface area contributed by atoms with E-state index in [0.717, 1.165) is 29.9 Å². The topological polar surface area (TPSA) is 67.6 Å². The zero-order valence-corrected chi connectivity index (χ0v) is 8.93. The van der Waals surface area contributed by atoms with Crippen molar-refractivity contribution in [3.63, 3.8) is 0 Å². The van der Waals surface area contributed by atoms with Crippen LogP contribution in [0.4, 0.5) is 0 Å². The van der Waals surface area contributed by atoms with Crippen LogP contribution in [0.25, 0.3) is 11.3 Å². The van der Waals surface area contributed by atoms with E-state index in [1.54, 1.807) is 6.20 Å². The van der Waals surface area contributed by atoms with Gasteiger partial charge in [0.1, 0.15) is 5.82 Å². The molecule has 0 atom stereocenters. The van der Waals surface area contributed by atoms with Gasteiger partial charge >= 0.3 is 0 Å². The van der Waals surface area contributed by atoms with E-state index in [1.165, 1.54) is 0 Å². The monoisotopic (exact) mass is 214 g/mol. The Morgan fingerprint density at radius 3 is 2.88 bits per heavy atom. The minimum absolute atomic E-state index is 0.358. The normalized spacial score (nSPS) is 24.1. The number of imidazole rings is 1. The molecule has 2 aromatic rings. The Balaban J connectivity index is 1.83. The van der Waals surface area contributed by atoms with E-state index in [0.29, 0.717) is 12.0 Å². The summed E-state index contributed by atoms with van der Waals surface area (Å²) in [4.78, 5) is 11.8. The smallest absolute Gasteiger partial charge is 0.109 e. The van der Waals surface area contributed by atoms with Gasteiger partial charge in [0.2, 0.25) is 0 Å². The van der Waals surface area contributed by atoms with Crippen molar-refractivity contribution in [2.24, 2.45) is 5.73 Å². The Hall–Kier alpha value is -1.68. The number of H-pyrrole nitrogens is 1. The fourth-order valence-corrected chi connectivity index (χ4v) is 2.10.